The van der Waals surface area contributed by atoms with Crippen LogP contribution in [0.25, 0.3) is 11.6 Å². The number of nitrogens with one attached hydrogen (secondary N) is 2. The van der Waals surface area contributed by atoms with Gasteiger partial charge >= 0.3 is 0 Å². The number of guanidine groups is 1. The molecule has 0 radical (unpaired) electrons. The fourth-order valence-electron chi connectivity index (χ4n) is 1.73. The fraction of sp³-hybridized carbons (Fsp3) is 0.429. The summed E-state index contributed by atoms with van der Waals surface area (Å²) < 4.78 is 5.20. The molecule has 7 heteroatoms. The van der Waals surface area contributed by atoms with Crippen molar-refractivity contribution in [1.29, 1.82) is 0 Å². The van der Waals surface area contributed by atoms with Gasteiger partial charge in [-0.05, 0) is 26.0 Å². The summed E-state index contributed by atoms with van der Waals surface area (Å²) in [4.78, 5) is 12.9. The van der Waals surface area contributed by atoms with Crippen molar-refractivity contribution in [3.8, 4) is 11.6 Å². The average Bonchev–Trinajstić information content (AvgIpc) is 2.97. The molecule has 2 heterocycles. The molecule has 0 amide bonds. The van der Waals surface area contributed by atoms with Crippen molar-refractivity contribution in [1.82, 2.24) is 25.8 Å². The van der Waals surface area contributed by atoms with Gasteiger partial charge in [0.05, 0.1) is 0 Å². The summed E-state index contributed by atoms with van der Waals surface area (Å²) >= 11 is 0. The van der Waals surface area contributed by atoms with Crippen LogP contribution in [0.3, 0.4) is 0 Å². The average molecular weight is 288 g/mol. The third kappa shape index (κ3) is 4.55. The van der Waals surface area contributed by atoms with Gasteiger partial charge in [0.1, 0.15) is 5.69 Å². The van der Waals surface area contributed by atoms with Crippen LogP contribution in [0.15, 0.2) is 33.9 Å². The number of aromatic nitrogens is 3. The van der Waals surface area contributed by atoms with E-state index in [2.05, 4.69) is 30.8 Å². The summed E-state index contributed by atoms with van der Waals surface area (Å²) in [7, 11) is 0. The second kappa shape index (κ2) is 7.98. The minimum Gasteiger partial charge on any atom is -0.357 e. The third-order valence-corrected chi connectivity index (χ3v) is 2.65. The van der Waals surface area contributed by atoms with Crippen molar-refractivity contribution in [3.05, 3.63) is 30.2 Å². The molecule has 0 fully saturated rings. The summed E-state index contributed by atoms with van der Waals surface area (Å²) in [6.07, 6.45) is 2.32. The molecule has 0 aliphatic rings. The number of nitrogens with zero attached hydrogens (tertiary/aromatic N) is 4. The highest BCUT2D eigenvalue weighted by molar-refractivity contribution is 5.79. The molecule has 2 rings (SSSR count). The highest BCUT2D eigenvalue weighted by Crippen LogP contribution is 2.13. The maximum atomic E-state index is 5.20. The fourth-order valence-corrected chi connectivity index (χ4v) is 1.73. The summed E-state index contributed by atoms with van der Waals surface area (Å²) in [6.45, 7) is 6.32. The van der Waals surface area contributed by atoms with Crippen LogP contribution in [-0.2, 0) is 6.42 Å². The van der Waals surface area contributed by atoms with Crippen molar-refractivity contribution in [2.45, 2.75) is 20.3 Å². The molecule has 0 atom stereocenters. The summed E-state index contributed by atoms with van der Waals surface area (Å²) in [6, 6.07) is 5.57. The van der Waals surface area contributed by atoms with Crippen LogP contribution in [0.1, 0.15) is 19.7 Å². The molecule has 0 unspecified atom stereocenters. The van der Waals surface area contributed by atoms with Crippen LogP contribution in [0.2, 0.25) is 0 Å². The lowest BCUT2D eigenvalue weighted by Crippen LogP contribution is -2.37. The lowest BCUT2D eigenvalue weighted by atomic mass is 10.3. The molecular formula is C14H20N6O. The zero-order chi connectivity index (χ0) is 14.9. The predicted octanol–water partition coefficient (Wildman–Crippen LogP) is 1.25. The smallest absolute Gasteiger partial charge is 0.276 e. The van der Waals surface area contributed by atoms with Crippen molar-refractivity contribution >= 4 is 5.96 Å². The van der Waals surface area contributed by atoms with Gasteiger partial charge in [-0.25, -0.2) is 0 Å². The number of hydrogen-bond donors (Lipinski definition) is 2. The van der Waals surface area contributed by atoms with Crippen LogP contribution < -0.4 is 10.6 Å². The molecule has 0 saturated heterocycles. The molecule has 2 aromatic heterocycles. The third-order valence-electron chi connectivity index (χ3n) is 2.65. The van der Waals surface area contributed by atoms with E-state index >= 15 is 0 Å². The number of pyridine rings is 1. The molecule has 2 aromatic rings. The van der Waals surface area contributed by atoms with Gasteiger partial charge in [0, 0.05) is 32.3 Å². The maximum absolute atomic E-state index is 5.20. The van der Waals surface area contributed by atoms with E-state index in [4.69, 9.17) is 4.52 Å². The van der Waals surface area contributed by atoms with Crippen LogP contribution in [-0.4, -0.2) is 40.7 Å². The Labute approximate surface area is 123 Å². The van der Waals surface area contributed by atoms with E-state index in [9.17, 15) is 0 Å². The Morgan fingerprint density at radius 3 is 2.71 bits per heavy atom. The van der Waals surface area contributed by atoms with E-state index in [-0.39, 0.29) is 0 Å². The molecule has 0 saturated carbocycles. The van der Waals surface area contributed by atoms with Crippen molar-refractivity contribution in [2.75, 3.05) is 19.6 Å². The zero-order valence-electron chi connectivity index (χ0n) is 12.3. The van der Waals surface area contributed by atoms with Gasteiger partial charge in [-0.2, -0.15) is 4.98 Å². The number of hydrogen-bond acceptors (Lipinski definition) is 5. The molecule has 0 aliphatic carbocycles. The number of aliphatic imine (C=N–C) groups is 1. The van der Waals surface area contributed by atoms with Crippen LogP contribution in [0, 0.1) is 0 Å². The minimum atomic E-state index is 0.438. The first-order valence-corrected chi connectivity index (χ1v) is 7.09. The molecule has 0 aliphatic heterocycles. The zero-order valence-corrected chi connectivity index (χ0v) is 12.3. The SMILES string of the molecule is CCNC(=NCCc1noc(-c2ccccn2)n1)NCC. The molecule has 0 spiro atoms. The maximum Gasteiger partial charge on any atom is 0.276 e. The first-order chi connectivity index (χ1) is 10.3. The van der Waals surface area contributed by atoms with Gasteiger partial charge in [-0.1, -0.05) is 11.2 Å². The highest BCUT2D eigenvalue weighted by Gasteiger charge is 2.09. The summed E-state index contributed by atoms with van der Waals surface area (Å²) in [5, 5.41) is 10.3. The van der Waals surface area contributed by atoms with E-state index in [1.807, 2.05) is 32.0 Å². The first kappa shape index (κ1) is 15.0. The van der Waals surface area contributed by atoms with Gasteiger partial charge in [0.25, 0.3) is 5.89 Å². The summed E-state index contributed by atoms with van der Waals surface area (Å²) in [5.41, 5.74) is 0.681. The van der Waals surface area contributed by atoms with E-state index in [0.29, 0.717) is 30.4 Å². The largest absolute Gasteiger partial charge is 0.357 e. The second-order valence-electron chi connectivity index (χ2n) is 4.27. The van der Waals surface area contributed by atoms with E-state index in [0.717, 1.165) is 19.0 Å². The molecule has 21 heavy (non-hydrogen) atoms. The van der Waals surface area contributed by atoms with Crippen molar-refractivity contribution < 1.29 is 4.52 Å². The van der Waals surface area contributed by atoms with E-state index < -0.39 is 0 Å². The normalized spacial score (nSPS) is 10.2. The Morgan fingerprint density at radius 2 is 2.05 bits per heavy atom. The Bertz CT molecular complexity index is 558. The standard InChI is InChI=1S/C14H20N6O/c1-3-15-14(16-4-2)18-10-8-12-19-13(21-20-12)11-7-5-6-9-17-11/h5-7,9H,3-4,8,10H2,1-2H3,(H2,15,16,18). The second-order valence-corrected chi connectivity index (χ2v) is 4.27. The molecule has 0 bridgehead atoms. The Balaban J connectivity index is 1.92. The topological polar surface area (TPSA) is 88.2 Å². The van der Waals surface area contributed by atoms with E-state index in [1.54, 1.807) is 6.20 Å². The number of rotatable bonds is 6. The van der Waals surface area contributed by atoms with Crippen LogP contribution in [0.4, 0.5) is 0 Å². The van der Waals surface area contributed by atoms with Crippen molar-refractivity contribution in [2.24, 2.45) is 4.99 Å². The van der Waals surface area contributed by atoms with Crippen molar-refractivity contribution in [3.63, 3.8) is 0 Å². The molecular weight excluding hydrogens is 268 g/mol. The van der Waals surface area contributed by atoms with Gasteiger partial charge in [0.2, 0.25) is 0 Å². The lowest BCUT2D eigenvalue weighted by molar-refractivity contribution is 0.421. The van der Waals surface area contributed by atoms with E-state index in [1.165, 1.54) is 0 Å². The lowest BCUT2D eigenvalue weighted by Gasteiger charge is -2.08. The van der Waals surface area contributed by atoms with Gasteiger partial charge in [-0.3, -0.25) is 9.98 Å². The predicted molar refractivity (Wildman–Crippen MR) is 80.9 cm³/mol. The summed E-state index contributed by atoms with van der Waals surface area (Å²) in [5.74, 6) is 1.87. The molecule has 7 nitrogen and oxygen atoms in total. The van der Waals surface area contributed by atoms with Gasteiger partial charge in [0.15, 0.2) is 11.8 Å². The quantitative estimate of drug-likeness (QED) is 0.614. The Hall–Kier alpha value is -2.44. The highest BCUT2D eigenvalue weighted by atomic mass is 16.5. The molecule has 2 N–H and O–H groups in total. The molecule has 112 valence electrons. The Kier molecular flexibility index (Phi) is 5.69. The monoisotopic (exact) mass is 288 g/mol. The van der Waals surface area contributed by atoms with Crippen LogP contribution in [0.5, 0.6) is 0 Å². The first-order valence-electron chi connectivity index (χ1n) is 7.09. The Morgan fingerprint density at radius 1 is 1.24 bits per heavy atom. The van der Waals surface area contributed by atoms with Gasteiger partial charge < -0.3 is 15.2 Å². The van der Waals surface area contributed by atoms with Gasteiger partial charge in [-0.15, -0.1) is 0 Å². The van der Waals surface area contributed by atoms with Crippen LogP contribution >= 0.6 is 0 Å². The minimum absolute atomic E-state index is 0.438. The molecule has 0 aromatic carbocycles.